The molecule has 1 amide bonds. The summed E-state index contributed by atoms with van der Waals surface area (Å²) in [6.45, 7) is 9.13. The first kappa shape index (κ1) is 21.0. The number of nitrogens with zero attached hydrogens (tertiary/aromatic N) is 2. The molecule has 0 aliphatic carbocycles. The van der Waals surface area contributed by atoms with Crippen molar-refractivity contribution in [2.45, 2.75) is 38.7 Å². The highest BCUT2D eigenvalue weighted by molar-refractivity contribution is 7.99. The molecule has 1 aliphatic rings. The lowest BCUT2D eigenvalue weighted by atomic mass is 10.1. The minimum atomic E-state index is -0.756. The molecule has 3 heterocycles. The van der Waals surface area contributed by atoms with Crippen LogP contribution in [0.2, 0.25) is 0 Å². The normalized spacial score (nSPS) is 18.7. The standard InChI is InChI=1S/C21H24N2O5S/c1-5-8-22-13(2)10-16(14(22)3)18(25)11-28-21(26)17-12-29-20(23(17)15(4)24)19-7-6-9-27-19/h5-7,9-10,17,20H,1,8,11-12H2,2-4H3/t17-,20-/m1/s1. The van der Waals surface area contributed by atoms with Crippen LogP contribution < -0.4 is 0 Å². The Morgan fingerprint density at radius 3 is 2.76 bits per heavy atom. The number of aromatic nitrogens is 1. The Morgan fingerprint density at radius 1 is 1.38 bits per heavy atom. The smallest absolute Gasteiger partial charge is 0.330 e. The molecule has 8 heteroatoms. The first-order valence-electron chi connectivity index (χ1n) is 9.26. The molecule has 3 rings (SSSR count). The summed E-state index contributed by atoms with van der Waals surface area (Å²) < 4.78 is 12.7. The van der Waals surface area contributed by atoms with E-state index in [2.05, 4.69) is 6.58 Å². The summed E-state index contributed by atoms with van der Waals surface area (Å²) in [4.78, 5) is 38.9. The number of carbonyl (C=O) groups is 3. The van der Waals surface area contributed by atoms with Crippen molar-refractivity contribution in [1.82, 2.24) is 9.47 Å². The van der Waals surface area contributed by atoms with E-state index in [-0.39, 0.29) is 23.7 Å². The van der Waals surface area contributed by atoms with E-state index in [0.29, 0.717) is 23.6 Å². The van der Waals surface area contributed by atoms with Gasteiger partial charge in [0, 0.05) is 36.2 Å². The van der Waals surface area contributed by atoms with Gasteiger partial charge < -0.3 is 18.6 Å². The average molecular weight is 416 g/mol. The summed E-state index contributed by atoms with van der Waals surface area (Å²) in [6.07, 6.45) is 3.29. The van der Waals surface area contributed by atoms with Gasteiger partial charge in [-0.05, 0) is 32.0 Å². The monoisotopic (exact) mass is 416 g/mol. The fraction of sp³-hybridized carbons (Fsp3) is 0.381. The number of hydrogen-bond acceptors (Lipinski definition) is 6. The van der Waals surface area contributed by atoms with Crippen LogP contribution >= 0.6 is 11.8 Å². The molecule has 0 bridgehead atoms. The Kier molecular flexibility index (Phi) is 6.32. The van der Waals surface area contributed by atoms with Gasteiger partial charge in [0.1, 0.15) is 17.2 Å². The lowest BCUT2D eigenvalue weighted by Gasteiger charge is -2.25. The first-order valence-corrected chi connectivity index (χ1v) is 10.3. The maximum Gasteiger partial charge on any atom is 0.330 e. The van der Waals surface area contributed by atoms with Crippen molar-refractivity contribution < 1.29 is 23.5 Å². The van der Waals surface area contributed by atoms with Crippen LogP contribution in [0.5, 0.6) is 0 Å². The first-order chi connectivity index (χ1) is 13.8. The molecule has 0 unspecified atom stereocenters. The number of allylic oxidation sites excluding steroid dienone is 1. The highest BCUT2D eigenvalue weighted by Crippen LogP contribution is 2.41. The van der Waals surface area contributed by atoms with Gasteiger partial charge in [-0.25, -0.2) is 4.79 Å². The van der Waals surface area contributed by atoms with Gasteiger partial charge in [0.15, 0.2) is 6.61 Å². The van der Waals surface area contributed by atoms with Crippen molar-refractivity contribution in [3.05, 3.63) is 59.8 Å². The number of rotatable bonds is 7. The van der Waals surface area contributed by atoms with E-state index in [1.165, 1.54) is 29.8 Å². The number of carbonyl (C=O) groups excluding carboxylic acids is 3. The molecule has 0 N–H and O–H groups in total. The SMILES string of the molecule is C=CCn1c(C)cc(C(=O)COC(=O)[C@H]2CS[C@H](c3ccco3)N2C(C)=O)c1C. The lowest BCUT2D eigenvalue weighted by Crippen LogP contribution is -2.43. The summed E-state index contributed by atoms with van der Waals surface area (Å²) in [5.74, 6) is -0.130. The molecule has 1 fully saturated rings. The van der Waals surface area contributed by atoms with E-state index in [9.17, 15) is 14.4 Å². The third-order valence-electron chi connectivity index (χ3n) is 4.95. The number of furan rings is 1. The van der Waals surface area contributed by atoms with Crippen LogP contribution in [0.1, 0.15) is 39.8 Å². The van der Waals surface area contributed by atoms with Crippen molar-refractivity contribution in [3.63, 3.8) is 0 Å². The van der Waals surface area contributed by atoms with Crippen molar-refractivity contribution in [2.24, 2.45) is 0 Å². The zero-order valence-electron chi connectivity index (χ0n) is 16.7. The van der Waals surface area contributed by atoms with Gasteiger partial charge in [-0.2, -0.15) is 0 Å². The van der Waals surface area contributed by atoms with Crippen LogP contribution in [-0.2, 0) is 20.9 Å². The van der Waals surface area contributed by atoms with Crippen LogP contribution in [0.25, 0.3) is 0 Å². The van der Waals surface area contributed by atoms with Crippen LogP contribution in [0, 0.1) is 13.8 Å². The molecule has 154 valence electrons. The third-order valence-corrected chi connectivity index (χ3v) is 6.24. The molecular formula is C21H24N2O5S. The number of amides is 1. The Morgan fingerprint density at radius 2 is 2.14 bits per heavy atom. The van der Waals surface area contributed by atoms with Crippen LogP contribution in [0.4, 0.5) is 0 Å². The van der Waals surface area contributed by atoms with Gasteiger partial charge in [-0.1, -0.05) is 6.08 Å². The zero-order valence-corrected chi connectivity index (χ0v) is 17.5. The predicted octanol–water partition coefficient (Wildman–Crippen LogP) is 3.27. The maximum absolute atomic E-state index is 12.6. The van der Waals surface area contributed by atoms with Crippen molar-refractivity contribution >= 4 is 29.4 Å². The van der Waals surface area contributed by atoms with Gasteiger partial charge in [0.25, 0.3) is 0 Å². The van der Waals surface area contributed by atoms with Crippen molar-refractivity contribution in [2.75, 3.05) is 12.4 Å². The number of ether oxygens (including phenoxy) is 1. The molecule has 7 nitrogen and oxygen atoms in total. The maximum atomic E-state index is 12.6. The van der Waals surface area contributed by atoms with Gasteiger partial charge >= 0.3 is 5.97 Å². The number of esters is 1. The number of hydrogen-bond donors (Lipinski definition) is 0. The molecular weight excluding hydrogens is 392 g/mol. The largest absolute Gasteiger partial charge is 0.466 e. The molecule has 0 saturated carbocycles. The van der Waals surface area contributed by atoms with Gasteiger partial charge in [0.05, 0.1) is 6.26 Å². The highest BCUT2D eigenvalue weighted by Gasteiger charge is 2.43. The molecule has 0 spiro atoms. The Balaban J connectivity index is 1.67. The lowest BCUT2D eigenvalue weighted by molar-refractivity contribution is -0.152. The van der Waals surface area contributed by atoms with E-state index >= 15 is 0 Å². The topological polar surface area (TPSA) is 81.8 Å². The van der Waals surface area contributed by atoms with E-state index in [0.717, 1.165) is 11.4 Å². The van der Waals surface area contributed by atoms with Gasteiger partial charge in [-0.3, -0.25) is 9.59 Å². The molecule has 1 aliphatic heterocycles. The number of thioether (sulfide) groups is 1. The van der Waals surface area contributed by atoms with Crippen molar-refractivity contribution in [3.8, 4) is 0 Å². The predicted molar refractivity (Wildman–Crippen MR) is 110 cm³/mol. The van der Waals surface area contributed by atoms with Crippen LogP contribution in [0.15, 0.2) is 41.5 Å². The molecule has 0 aromatic carbocycles. The number of aryl methyl sites for hydroxylation is 1. The van der Waals surface area contributed by atoms with Gasteiger partial charge in [-0.15, -0.1) is 18.3 Å². The molecule has 2 atom stereocenters. The Bertz CT molecular complexity index is 931. The zero-order chi connectivity index (χ0) is 21.1. The summed E-state index contributed by atoms with van der Waals surface area (Å²) >= 11 is 1.43. The fourth-order valence-corrected chi connectivity index (χ4v) is 4.94. The second-order valence-electron chi connectivity index (χ2n) is 6.86. The summed E-state index contributed by atoms with van der Waals surface area (Å²) in [6, 6.07) is 4.54. The highest BCUT2D eigenvalue weighted by atomic mass is 32.2. The molecule has 2 aromatic heterocycles. The van der Waals surface area contributed by atoms with Crippen LogP contribution in [-0.4, -0.2) is 45.5 Å². The minimum Gasteiger partial charge on any atom is -0.466 e. The number of Topliss-reactive ketones (excluding diaryl/α,β-unsaturated/α-hetero) is 1. The quantitative estimate of drug-likeness (QED) is 0.391. The second kappa shape index (κ2) is 8.73. The Hall–Kier alpha value is -2.74. The summed E-state index contributed by atoms with van der Waals surface area (Å²) in [5, 5.41) is -0.381. The van der Waals surface area contributed by atoms with E-state index in [1.807, 2.05) is 18.4 Å². The van der Waals surface area contributed by atoms with E-state index < -0.39 is 12.0 Å². The molecule has 2 aromatic rings. The van der Waals surface area contributed by atoms with E-state index in [1.54, 1.807) is 24.3 Å². The second-order valence-corrected chi connectivity index (χ2v) is 7.97. The van der Waals surface area contributed by atoms with Gasteiger partial charge in [0.2, 0.25) is 11.7 Å². The van der Waals surface area contributed by atoms with E-state index in [4.69, 9.17) is 9.15 Å². The molecule has 1 saturated heterocycles. The summed E-state index contributed by atoms with van der Waals surface area (Å²) in [5.41, 5.74) is 2.27. The van der Waals surface area contributed by atoms with Crippen LogP contribution in [0.3, 0.4) is 0 Å². The Labute approximate surface area is 173 Å². The minimum absolute atomic E-state index is 0.252. The summed E-state index contributed by atoms with van der Waals surface area (Å²) in [7, 11) is 0. The third kappa shape index (κ3) is 4.17. The average Bonchev–Trinajstić information content (AvgIpc) is 3.40. The van der Waals surface area contributed by atoms with Crippen molar-refractivity contribution in [1.29, 1.82) is 0 Å². The fourth-order valence-electron chi connectivity index (χ4n) is 3.53. The number of ketones is 1. The molecule has 0 radical (unpaired) electrons. The molecule has 29 heavy (non-hydrogen) atoms.